The summed E-state index contributed by atoms with van der Waals surface area (Å²) in [5.74, 6) is -4.81. The summed E-state index contributed by atoms with van der Waals surface area (Å²) in [6.07, 6.45) is -10.2. The molecule has 0 radical (unpaired) electrons. The van der Waals surface area contributed by atoms with E-state index in [9.17, 15) is 35.9 Å². The van der Waals surface area contributed by atoms with Gasteiger partial charge in [0.05, 0.1) is 13.2 Å². The van der Waals surface area contributed by atoms with Crippen molar-refractivity contribution in [1.29, 1.82) is 0 Å². The predicted octanol–water partition coefficient (Wildman–Crippen LogP) is 1.21. The highest BCUT2D eigenvalue weighted by Crippen LogP contribution is 2.16. The molecule has 0 atom stereocenters. The van der Waals surface area contributed by atoms with E-state index in [0.29, 0.717) is 0 Å². The van der Waals surface area contributed by atoms with Crippen LogP contribution in [0, 0.1) is 0 Å². The van der Waals surface area contributed by atoms with Gasteiger partial charge in [0.25, 0.3) is 0 Å². The highest BCUT2D eigenvalue weighted by Gasteiger charge is 2.41. The molecular formula is C8H8F6O5. The van der Waals surface area contributed by atoms with E-state index in [4.69, 9.17) is 0 Å². The molecule has 0 aromatic rings. The van der Waals surface area contributed by atoms with Crippen LogP contribution in [0.1, 0.15) is 0 Å². The Kier molecular flexibility index (Phi) is 6.59. The highest BCUT2D eigenvalue weighted by atomic mass is 19.4. The number of hydrogen-bond acceptors (Lipinski definition) is 5. The second-order valence-electron chi connectivity index (χ2n) is 2.88. The Bertz CT molecular complexity index is 280. The number of rotatable bonds is 6. The molecule has 11 heteroatoms. The van der Waals surface area contributed by atoms with Crippen molar-refractivity contribution in [1.82, 2.24) is 0 Å². The third kappa shape index (κ3) is 8.24. The lowest BCUT2D eigenvalue weighted by Gasteiger charge is -2.09. The van der Waals surface area contributed by atoms with E-state index >= 15 is 0 Å². The summed E-state index contributed by atoms with van der Waals surface area (Å²) >= 11 is 0. The fraction of sp³-hybridized carbons (Fsp3) is 0.750. The Balaban J connectivity index is 3.53. The first-order valence-corrected chi connectivity index (χ1v) is 4.61. The van der Waals surface area contributed by atoms with Crippen LogP contribution >= 0.6 is 0 Å². The Morgan fingerprint density at radius 1 is 0.684 bits per heavy atom. The summed E-state index contributed by atoms with van der Waals surface area (Å²) in [5, 5.41) is 0. The summed E-state index contributed by atoms with van der Waals surface area (Å²) in [6.45, 7) is -2.42. The standard InChI is InChI=1S/C8H8F6O5/c9-7(10,11)5(15)18-3-1-17-2-4-19-6(16)8(12,13)14/h1-4H2. The molecule has 0 bridgehead atoms. The van der Waals surface area contributed by atoms with Crippen LogP contribution in [0.5, 0.6) is 0 Å². The molecule has 0 fully saturated rings. The SMILES string of the molecule is O=C(OCCOCCOC(=O)C(F)(F)F)C(F)(F)F. The van der Waals surface area contributed by atoms with Gasteiger partial charge in [0, 0.05) is 0 Å². The minimum Gasteiger partial charge on any atom is -0.457 e. The first kappa shape index (κ1) is 17.5. The zero-order valence-corrected chi connectivity index (χ0v) is 9.14. The van der Waals surface area contributed by atoms with Gasteiger partial charge in [-0.15, -0.1) is 0 Å². The Morgan fingerprint density at radius 2 is 1.00 bits per heavy atom. The molecule has 5 nitrogen and oxygen atoms in total. The molecule has 0 rings (SSSR count). The van der Waals surface area contributed by atoms with Crippen LogP contribution in [0.15, 0.2) is 0 Å². The minimum atomic E-state index is -5.12. The second-order valence-corrected chi connectivity index (χ2v) is 2.88. The van der Waals surface area contributed by atoms with Crippen molar-refractivity contribution in [2.75, 3.05) is 26.4 Å². The van der Waals surface area contributed by atoms with Crippen molar-refractivity contribution in [3.63, 3.8) is 0 Å². The Hall–Kier alpha value is -1.52. The fourth-order valence-corrected chi connectivity index (χ4v) is 0.652. The molecule has 0 N–H and O–H groups in total. The van der Waals surface area contributed by atoms with Crippen molar-refractivity contribution < 1.29 is 50.1 Å². The summed E-state index contributed by atoms with van der Waals surface area (Å²) in [6, 6.07) is 0. The quantitative estimate of drug-likeness (QED) is 0.419. The van der Waals surface area contributed by atoms with Crippen molar-refractivity contribution in [3.05, 3.63) is 0 Å². The van der Waals surface area contributed by atoms with Crippen LogP contribution in [0.2, 0.25) is 0 Å². The van der Waals surface area contributed by atoms with E-state index in [1.807, 2.05) is 0 Å². The first-order chi connectivity index (χ1) is 8.55. The van der Waals surface area contributed by atoms with Gasteiger partial charge in [0.2, 0.25) is 0 Å². The van der Waals surface area contributed by atoms with Gasteiger partial charge in [-0.25, -0.2) is 9.59 Å². The zero-order valence-electron chi connectivity index (χ0n) is 9.14. The molecule has 0 amide bonds. The van der Waals surface area contributed by atoms with Gasteiger partial charge >= 0.3 is 24.3 Å². The van der Waals surface area contributed by atoms with Gasteiger partial charge in [0.15, 0.2) is 0 Å². The van der Waals surface area contributed by atoms with Crippen LogP contribution in [0.25, 0.3) is 0 Å². The van der Waals surface area contributed by atoms with E-state index in [-0.39, 0.29) is 0 Å². The Morgan fingerprint density at radius 3 is 1.26 bits per heavy atom. The largest absolute Gasteiger partial charge is 0.490 e. The first-order valence-electron chi connectivity index (χ1n) is 4.61. The number of halogens is 6. The number of carbonyl (C=O) groups is 2. The minimum absolute atomic E-state index is 0.481. The highest BCUT2D eigenvalue weighted by molar-refractivity contribution is 5.75. The van der Waals surface area contributed by atoms with E-state index in [1.165, 1.54) is 0 Å². The molecule has 0 aromatic heterocycles. The monoisotopic (exact) mass is 298 g/mol. The van der Waals surface area contributed by atoms with E-state index in [1.54, 1.807) is 0 Å². The van der Waals surface area contributed by atoms with Gasteiger partial charge in [-0.2, -0.15) is 26.3 Å². The maximum absolute atomic E-state index is 11.6. The lowest BCUT2D eigenvalue weighted by Crippen LogP contribution is -2.28. The van der Waals surface area contributed by atoms with Crippen molar-refractivity contribution in [3.8, 4) is 0 Å². The third-order valence-electron chi connectivity index (χ3n) is 1.38. The fourth-order valence-electron chi connectivity index (χ4n) is 0.652. The Labute approximate surface area is 102 Å². The van der Waals surface area contributed by atoms with Crippen molar-refractivity contribution in [2.45, 2.75) is 12.4 Å². The van der Waals surface area contributed by atoms with Crippen LogP contribution in [-0.2, 0) is 23.8 Å². The summed E-state index contributed by atoms with van der Waals surface area (Å²) in [4.78, 5) is 20.3. The molecule has 0 spiro atoms. The third-order valence-corrected chi connectivity index (χ3v) is 1.38. The summed E-state index contributed by atoms with van der Waals surface area (Å²) < 4.78 is 81.5. The average molecular weight is 298 g/mol. The zero-order chi connectivity index (χ0) is 15.1. The predicted molar refractivity (Wildman–Crippen MR) is 44.8 cm³/mol. The smallest absolute Gasteiger partial charge is 0.457 e. The van der Waals surface area contributed by atoms with E-state index in [0.717, 1.165) is 0 Å². The number of hydrogen-bond donors (Lipinski definition) is 0. The lowest BCUT2D eigenvalue weighted by atomic mass is 10.6. The van der Waals surface area contributed by atoms with Crippen LogP contribution in [-0.4, -0.2) is 50.7 Å². The summed E-state index contributed by atoms with van der Waals surface area (Å²) in [7, 11) is 0. The van der Waals surface area contributed by atoms with Gasteiger partial charge in [0.1, 0.15) is 13.2 Å². The molecule has 0 saturated heterocycles. The average Bonchev–Trinajstić information content (AvgIpc) is 2.24. The van der Waals surface area contributed by atoms with E-state index in [2.05, 4.69) is 14.2 Å². The van der Waals surface area contributed by atoms with Crippen molar-refractivity contribution in [2.24, 2.45) is 0 Å². The van der Waals surface area contributed by atoms with Crippen LogP contribution in [0.4, 0.5) is 26.3 Å². The molecule has 0 heterocycles. The van der Waals surface area contributed by atoms with Gasteiger partial charge in [-0.1, -0.05) is 0 Å². The maximum atomic E-state index is 11.6. The molecular weight excluding hydrogens is 290 g/mol. The lowest BCUT2D eigenvalue weighted by molar-refractivity contribution is -0.202. The number of alkyl halides is 6. The van der Waals surface area contributed by atoms with Crippen LogP contribution < -0.4 is 0 Å². The number of esters is 2. The topological polar surface area (TPSA) is 61.8 Å². The number of carbonyl (C=O) groups excluding carboxylic acids is 2. The maximum Gasteiger partial charge on any atom is 0.490 e. The van der Waals surface area contributed by atoms with Crippen molar-refractivity contribution >= 4 is 11.9 Å². The molecule has 0 aliphatic heterocycles. The van der Waals surface area contributed by atoms with Gasteiger partial charge in [-0.05, 0) is 0 Å². The summed E-state index contributed by atoms with van der Waals surface area (Å²) in [5.41, 5.74) is 0. The molecule has 112 valence electrons. The second kappa shape index (κ2) is 7.16. The molecule has 19 heavy (non-hydrogen) atoms. The molecule has 0 aliphatic rings. The molecule has 0 aromatic carbocycles. The normalized spacial score (nSPS) is 12.1. The number of ether oxygens (including phenoxy) is 3. The molecule has 0 saturated carbocycles. The van der Waals surface area contributed by atoms with Gasteiger partial charge in [-0.3, -0.25) is 0 Å². The molecule has 0 aliphatic carbocycles. The van der Waals surface area contributed by atoms with E-state index < -0.39 is 50.7 Å². The van der Waals surface area contributed by atoms with Crippen LogP contribution in [0.3, 0.4) is 0 Å². The molecule has 0 unspecified atom stereocenters. The van der Waals surface area contributed by atoms with Gasteiger partial charge < -0.3 is 14.2 Å².